The zero-order valence-electron chi connectivity index (χ0n) is 16.4. The SMILES string of the molecule is Nc1nc2c(I)c(CNc3ccc(C(=O)N[C@@H](CCC(=O)O)C(=O)O)cc3)[nH]c2c(=O)[nH]1. The molecule has 3 rings (SSSR count). The van der Waals surface area contributed by atoms with Crippen molar-refractivity contribution in [2.75, 3.05) is 11.1 Å². The summed E-state index contributed by atoms with van der Waals surface area (Å²) in [6.07, 6.45) is -0.594. The van der Waals surface area contributed by atoms with Crippen molar-refractivity contribution in [2.45, 2.75) is 25.4 Å². The second kappa shape index (κ2) is 9.67. The highest BCUT2D eigenvalue weighted by molar-refractivity contribution is 14.1. The number of carbonyl (C=O) groups excluding carboxylic acids is 1. The van der Waals surface area contributed by atoms with E-state index in [1.165, 1.54) is 12.1 Å². The number of fused-ring (bicyclic) bond motifs is 1. The zero-order chi connectivity index (χ0) is 23.4. The van der Waals surface area contributed by atoms with Gasteiger partial charge in [-0.15, -0.1) is 0 Å². The Kier molecular flexibility index (Phi) is 6.97. The van der Waals surface area contributed by atoms with Gasteiger partial charge in [0.1, 0.15) is 17.1 Å². The Labute approximate surface area is 193 Å². The van der Waals surface area contributed by atoms with Crippen LogP contribution in [0.15, 0.2) is 29.1 Å². The van der Waals surface area contributed by atoms with Crippen molar-refractivity contribution in [3.63, 3.8) is 0 Å². The first-order valence-electron chi connectivity index (χ1n) is 9.31. The third kappa shape index (κ3) is 5.35. The summed E-state index contributed by atoms with van der Waals surface area (Å²) in [5.74, 6) is -3.04. The van der Waals surface area contributed by atoms with Crippen LogP contribution in [0, 0.1) is 3.57 Å². The van der Waals surface area contributed by atoms with Crippen LogP contribution in [0.2, 0.25) is 0 Å². The molecule has 3 aromatic rings. The van der Waals surface area contributed by atoms with Gasteiger partial charge in [0, 0.05) is 17.7 Å². The molecule has 0 aliphatic carbocycles. The van der Waals surface area contributed by atoms with E-state index in [9.17, 15) is 19.2 Å². The summed E-state index contributed by atoms with van der Waals surface area (Å²) in [5.41, 5.74) is 7.66. The van der Waals surface area contributed by atoms with Crippen LogP contribution in [-0.4, -0.2) is 49.1 Å². The molecule has 8 N–H and O–H groups in total. The molecule has 2 heterocycles. The van der Waals surface area contributed by atoms with Crippen molar-refractivity contribution < 1.29 is 24.6 Å². The van der Waals surface area contributed by atoms with Gasteiger partial charge in [-0.2, -0.15) is 0 Å². The number of H-pyrrole nitrogens is 2. The van der Waals surface area contributed by atoms with Gasteiger partial charge in [-0.25, -0.2) is 9.78 Å². The fourth-order valence-electron chi connectivity index (χ4n) is 2.93. The van der Waals surface area contributed by atoms with Crippen molar-refractivity contribution >= 4 is 63.1 Å². The lowest BCUT2D eigenvalue weighted by Gasteiger charge is -2.14. The van der Waals surface area contributed by atoms with Gasteiger partial charge in [0.25, 0.3) is 11.5 Å². The molecule has 168 valence electrons. The number of carbonyl (C=O) groups is 3. The first-order chi connectivity index (χ1) is 15.2. The second-order valence-electron chi connectivity index (χ2n) is 6.82. The number of amides is 1. The number of benzene rings is 1. The number of anilines is 2. The van der Waals surface area contributed by atoms with Gasteiger partial charge >= 0.3 is 11.9 Å². The molecule has 0 bridgehead atoms. The van der Waals surface area contributed by atoms with Crippen LogP contribution in [-0.2, 0) is 16.1 Å². The molecule has 0 radical (unpaired) electrons. The molecule has 1 amide bonds. The average molecular weight is 554 g/mol. The van der Waals surface area contributed by atoms with Crippen LogP contribution in [0.5, 0.6) is 0 Å². The molecule has 1 aromatic carbocycles. The number of aromatic amines is 2. The van der Waals surface area contributed by atoms with Gasteiger partial charge < -0.3 is 31.6 Å². The molecule has 0 aliphatic heterocycles. The summed E-state index contributed by atoms with van der Waals surface area (Å²) in [6, 6.07) is 5.00. The second-order valence-corrected chi connectivity index (χ2v) is 7.90. The Hall–Kier alpha value is -3.62. The number of nitrogens with zero attached hydrogens (tertiary/aromatic N) is 1. The largest absolute Gasteiger partial charge is 0.481 e. The number of carboxylic acid groups (broad SMARTS) is 2. The molecular weight excluding hydrogens is 535 g/mol. The first-order valence-corrected chi connectivity index (χ1v) is 10.4. The Bertz CT molecular complexity index is 1240. The number of aromatic nitrogens is 3. The third-order valence-corrected chi connectivity index (χ3v) is 5.72. The number of hydrogen-bond acceptors (Lipinski definition) is 7. The monoisotopic (exact) mass is 554 g/mol. The molecule has 1 atom stereocenters. The van der Waals surface area contributed by atoms with Crippen LogP contribution in [0.3, 0.4) is 0 Å². The lowest BCUT2D eigenvalue weighted by atomic mass is 10.1. The van der Waals surface area contributed by atoms with Gasteiger partial charge in [0.05, 0.1) is 15.8 Å². The summed E-state index contributed by atoms with van der Waals surface area (Å²) in [5, 5.41) is 23.3. The van der Waals surface area contributed by atoms with Crippen molar-refractivity contribution in [3.05, 3.63) is 49.4 Å². The quantitative estimate of drug-likeness (QED) is 0.189. The third-order valence-electron chi connectivity index (χ3n) is 4.55. The number of nitrogens with one attached hydrogen (secondary N) is 4. The highest BCUT2D eigenvalue weighted by Gasteiger charge is 2.21. The number of hydrogen-bond donors (Lipinski definition) is 7. The van der Waals surface area contributed by atoms with Crippen LogP contribution in [0.4, 0.5) is 11.6 Å². The van der Waals surface area contributed by atoms with Crippen molar-refractivity contribution in [1.82, 2.24) is 20.3 Å². The molecule has 13 heteroatoms. The number of carboxylic acids is 2. The average Bonchev–Trinajstić information content (AvgIpc) is 3.05. The minimum absolute atomic E-state index is 0.0286. The summed E-state index contributed by atoms with van der Waals surface area (Å²) in [4.78, 5) is 55.8. The topological polar surface area (TPSA) is 203 Å². The predicted octanol–water partition coefficient (Wildman–Crippen LogP) is 1.10. The van der Waals surface area contributed by atoms with E-state index in [1.54, 1.807) is 12.1 Å². The van der Waals surface area contributed by atoms with Crippen LogP contribution in [0.1, 0.15) is 28.9 Å². The van der Waals surface area contributed by atoms with E-state index >= 15 is 0 Å². The minimum Gasteiger partial charge on any atom is -0.481 e. The lowest BCUT2D eigenvalue weighted by Crippen LogP contribution is -2.41. The number of nitrogen functional groups attached to an aromatic ring is 1. The van der Waals surface area contributed by atoms with E-state index in [2.05, 4.69) is 48.2 Å². The number of halogens is 1. The predicted molar refractivity (Wildman–Crippen MR) is 123 cm³/mol. The number of nitrogens with two attached hydrogens (primary N) is 1. The molecule has 0 fully saturated rings. The maximum atomic E-state index is 12.3. The molecule has 0 unspecified atom stereocenters. The van der Waals surface area contributed by atoms with Gasteiger partial charge in [0.2, 0.25) is 5.95 Å². The summed E-state index contributed by atoms with van der Waals surface area (Å²) in [7, 11) is 0. The summed E-state index contributed by atoms with van der Waals surface area (Å²) in [6.45, 7) is 0.343. The van der Waals surface area contributed by atoms with Gasteiger partial charge in [0.15, 0.2) is 0 Å². The molecular formula is C19H19IN6O6. The van der Waals surface area contributed by atoms with E-state index in [4.69, 9.17) is 15.9 Å². The fourth-order valence-corrected chi connectivity index (χ4v) is 3.65. The van der Waals surface area contributed by atoms with E-state index in [-0.39, 0.29) is 29.9 Å². The lowest BCUT2D eigenvalue weighted by molar-refractivity contribution is -0.140. The smallest absolute Gasteiger partial charge is 0.326 e. The molecule has 12 nitrogen and oxygen atoms in total. The molecule has 2 aromatic heterocycles. The normalized spacial score (nSPS) is 11.8. The standard InChI is InChI=1S/C19H19IN6O6/c20-13-11(23-15-14(13)25-19(21)26-17(15)30)7-22-9-3-1-8(2-4-9)16(29)24-10(18(31)32)5-6-12(27)28/h1-4,10,22-23H,5-7H2,(H,24,29)(H,27,28)(H,31,32)(H3,21,25,26,30)/t10-/m0/s1. The van der Waals surface area contributed by atoms with E-state index in [0.717, 1.165) is 9.26 Å². The van der Waals surface area contributed by atoms with E-state index in [0.29, 0.717) is 23.3 Å². The highest BCUT2D eigenvalue weighted by atomic mass is 127. The summed E-state index contributed by atoms with van der Waals surface area (Å²) < 4.78 is 0.750. The Balaban J connectivity index is 1.65. The maximum absolute atomic E-state index is 12.3. The van der Waals surface area contributed by atoms with Crippen LogP contribution < -0.4 is 21.9 Å². The Morgan fingerprint density at radius 2 is 1.84 bits per heavy atom. The van der Waals surface area contributed by atoms with Crippen molar-refractivity contribution in [3.8, 4) is 0 Å². The van der Waals surface area contributed by atoms with Gasteiger partial charge in [-0.05, 0) is 53.3 Å². The minimum atomic E-state index is -1.30. The van der Waals surface area contributed by atoms with Crippen molar-refractivity contribution in [1.29, 1.82) is 0 Å². The molecule has 0 saturated carbocycles. The Morgan fingerprint density at radius 1 is 1.16 bits per heavy atom. The first kappa shape index (κ1) is 23.1. The zero-order valence-corrected chi connectivity index (χ0v) is 18.6. The maximum Gasteiger partial charge on any atom is 0.326 e. The molecule has 32 heavy (non-hydrogen) atoms. The Morgan fingerprint density at radius 3 is 2.47 bits per heavy atom. The number of aliphatic carboxylic acids is 2. The number of rotatable bonds is 9. The van der Waals surface area contributed by atoms with Gasteiger partial charge in [-0.1, -0.05) is 0 Å². The molecule has 0 aliphatic rings. The van der Waals surface area contributed by atoms with E-state index in [1.807, 2.05) is 0 Å². The summed E-state index contributed by atoms with van der Waals surface area (Å²) >= 11 is 2.07. The molecule has 0 spiro atoms. The van der Waals surface area contributed by atoms with E-state index < -0.39 is 23.9 Å². The fraction of sp³-hybridized carbons (Fsp3) is 0.211. The van der Waals surface area contributed by atoms with Crippen LogP contribution in [0.25, 0.3) is 11.0 Å². The highest BCUT2D eigenvalue weighted by Crippen LogP contribution is 2.22. The van der Waals surface area contributed by atoms with Gasteiger partial charge in [-0.3, -0.25) is 19.4 Å². The van der Waals surface area contributed by atoms with Crippen LogP contribution >= 0.6 is 22.6 Å². The van der Waals surface area contributed by atoms with Crippen molar-refractivity contribution in [2.24, 2.45) is 0 Å². The molecule has 0 saturated heterocycles.